The Hall–Kier alpha value is -2.43. The number of aliphatic imine (C=N–C) groups is 1. The number of benzene rings is 1. The van der Waals surface area contributed by atoms with Gasteiger partial charge in [0.15, 0.2) is 17.5 Å². The highest BCUT2D eigenvalue weighted by molar-refractivity contribution is 14.0. The van der Waals surface area contributed by atoms with Crippen molar-refractivity contribution >= 4 is 35.6 Å². The summed E-state index contributed by atoms with van der Waals surface area (Å²) in [5.74, 6) is -0.670. The molecule has 0 radical (unpaired) electrons. The Bertz CT molecular complexity index is 993. The average molecular weight is 529 g/mol. The van der Waals surface area contributed by atoms with E-state index in [-0.39, 0.29) is 36.3 Å². The monoisotopic (exact) mass is 529 g/mol. The summed E-state index contributed by atoms with van der Waals surface area (Å²) < 4.78 is 33.8. The Balaban J connectivity index is 0.00000320. The van der Waals surface area contributed by atoms with Crippen LogP contribution in [0.1, 0.15) is 18.2 Å². The number of halogens is 3. The molecule has 2 heterocycles. The first-order valence-corrected chi connectivity index (χ1v) is 9.60. The summed E-state index contributed by atoms with van der Waals surface area (Å²) in [5, 5.41) is 6.29. The number of nitrogens with zero attached hydrogens (tertiary/aromatic N) is 3. The highest BCUT2D eigenvalue weighted by Crippen LogP contribution is 2.17. The van der Waals surface area contributed by atoms with E-state index in [1.165, 1.54) is 6.07 Å². The number of hydrogen-bond donors (Lipinski definition) is 2. The van der Waals surface area contributed by atoms with Crippen molar-refractivity contribution in [1.29, 1.82) is 0 Å². The molecular weight excluding hydrogens is 503 g/mol. The van der Waals surface area contributed by atoms with Gasteiger partial charge in [-0.1, -0.05) is 6.07 Å². The van der Waals surface area contributed by atoms with Gasteiger partial charge in [-0.25, -0.2) is 13.8 Å². The summed E-state index contributed by atoms with van der Waals surface area (Å²) in [7, 11) is 0. The first kappa shape index (κ1) is 23.8. The maximum Gasteiger partial charge on any atom is 0.191 e. The van der Waals surface area contributed by atoms with Gasteiger partial charge in [0.2, 0.25) is 0 Å². The maximum atomic E-state index is 13.6. The molecule has 0 aliphatic heterocycles. The van der Waals surface area contributed by atoms with Gasteiger partial charge in [0.1, 0.15) is 18.1 Å². The molecule has 9 heteroatoms. The molecule has 0 saturated heterocycles. The van der Waals surface area contributed by atoms with Crippen molar-refractivity contribution in [2.75, 3.05) is 26.2 Å². The number of pyridine rings is 1. The molecular formula is C21H26F2IN5O. The SMILES string of the molecule is CCNC(=NCCc1cn2cccc(C)c2n1)NCCOc1ccc(F)cc1F.I. The summed E-state index contributed by atoms with van der Waals surface area (Å²) >= 11 is 0. The molecule has 6 nitrogen and oxygen atoms in total. The lowest BCUT2D eigenvalue weighted by Crippen LogP contribution is -2.39. The summed E-state index contributed by atoms with van der Waals surface area (Å²) in [6.07, 6.45) is 4.72. The molecule has 1 aromatic carbocycles. The van der Waals surface area contributed by atoms with Gasteiger partial charge in [0.05, 0.1) is 12.2 Å². The molecule has 0 amide bonds. The molecule has 3 aromatic rings. The fraction of sp³-hybridized carbons (Fsp3) is 0.333. The van der Waals surface area contributed by atoms with E-state index in [2.05, 4.69) is 20.6 Å². The van der Waals surface area contributed by atoms with Crippen LogP contribution in [0.25, 0.3) is 5.65 Å². The number of nitrogens with one attached hydrogen (secondary N) is 2. The predicted molar refractivity (Wildman–Crippen MR) is 125 cm³/mol. The van der Waals surface area contributed by atoms with Gasteiger partial charge in [-0.15, -0.1) is 24.0 Å². The Morgan fingerprint density at radius 1 is 1.23 bits per heavy atom. The number of rotatable bonds is 8. The van der Waals surface area contributed by atoms with Crippen molar-refractivity contribution in [3.63, 3.8) is 0 Å². The van der Waals surface area contributed by atoms with Gasteiger partial charge in [-0.05, 0) is 37.6 Å². The second kappa shape index (κ2) is 11.7. The predicted octanol–water partition coefficient (Wildman–Crippen LogP) is 3.72. The van der Waals surface area contributed by atoms with E-state index in [9.17, 15) is 8.78 Å². The molecule has 2 N–H and O–H groups in total. The van der Waals surface area contributed by atoms with Crippen LogP contribution >= 0.6 is 24.0 Å². The lowest BCUT2D eigenvalue weighted by atomic mass is 10.3. The second-order valence-corrected chi connectivity index (χ2v) is 6.51. The van der Waals surface area contributed by atoms with Gasteiger partial charge in [0, 0.05) is 38.0 Å². The first-order valence-electron chi connectivity index (χ1n) is 9.60. The summed E-state index contributed by atoms with van der Waals surface area (Å²) in [4.78, 5) is 9.19. The molecule has 3 rings (SSSR count). The minimum Gasteiger partial charge on any atom is -0.489 e. The molecule has 0 spiro atoms. The van der Waals surface area contributed by atoms with Crippen LogP contribution in [0.2, 0.25) is 0 Å². The minimum atomic E-state index is -0.715. The molecule has 2 aromatic heterocycles. The largest absolute Gasteiger partial charge is 0.489 e. The van der Waals surface area contributed by atoms with Crippen molar-refractivity contribution in [2.45, 2.75) is 20.3 Å². The molecule has 0 saturated carbocycles. The average Bonchev–Trinajstić information content (AvgIpc) is 3.11. The van der Waals surface area contributed by atoms with Gasteiger partial charge in [-0.3, -0.25) is 4.99 Å². The van der Waals surface area contributed by atoms with E-state index in [0.717, 1.165) is 35.5 Å². The zero-order chi connectivity index (χ0) is 20.6. The molecule has 0 atom stereocenters. The van der Waals surface area contributed by atoms with Crippen molar-refractivity contribution in [3.8, 4) is 5.75 Å². The normalized spacial score (nSPS) is 11.3. The fourth-order valence-electron chi connectivity index (χ4n) is 2.87. The summed E-state index contributed by atoms with van der Waals surface area (Å²) in [6.45, 7) is 5.96. The topological polar surface area (TPSA) is 63.0 Å². The van der Waals surface area contributed by atoms with E-state index in [1.807, 2.05) is 42.8 Å². The molecule has 0 aliphatic rings. The zero-order valence-corrected chi connectivity index (χ0v) is 19.3. The van der Waals surface area contributed by atoms with Crippen LogP contribution < -0.4 is 15.4 Å². The van der Waals surface area contributed by atoms with Crippen LogP contribution in [0, 0.1) is 18.6 Å². The Kier molecular flexibility index (Phi) is 9.28. The molecule has 30 heavy (non-hydrogen) atoms. The Morgan fingerprint density at radius 2 is 2.07 bits per heavy atom. The smallest absolute Gasteiger partial charge is 0.191 e. The molecule has 0 unspecified atom stereocenters. The van der Waals surface area contributed by atoms with Crippen LogP contribution in [-0.2, 0) is 6.42 Å². The van der Waals surface area contributed by atoms with Crippen molar-refractivity contribution in [2.24, 2.45) is 4.99 Å². The van der Waals surface area contributed by atoms with Crippen LogP contribution in [0.5, 0.6) is 5.75 Å². The van der Waals surface area contributed by atoms with Crippen LogP contribution in [0.15, 0.2) is 47.7 Å². The number of aryl methyl sites for hydroxylation is 1. The van der Waals surface area contributed by atoms with E-state index in [1.54, 1.807) is 0 Å². The summed E-state index contributed by atoms with van der Waals surface area (Å²) in [6, 6.07) is 7.28. The third-order valence-electron chi connectivity index (χ3n) is 4.26. The van der Waals surface area contributed by atoms with E-state index in [4.69, 9.17) is 4.74 Å². The molecule has 0 aliphatic carbocycles. The van der Waals surface area contributed by atoms with Crippen LogP contribution in [-0.4, -0.2) is 41.6 Å². The van der Waals surface area contributed by atoms with Crippen molar-refractivity contribution < 1.29 is 13.5 Å². The van der Waals surface area contributed by atoms with E-state index >= 15 is 0 Å². The Labute approximate surface area is 191 Å². The van der Waals surface area contributed by atoms with Gasteiger partial charge < -0.3 is 19.8 Å². The number of imidazole rings is 1. The first-order chi connectivity index (χ1) is 14.1. The van der Waals surface area contributed by atoms with Crippen molar-refractivity contribution in [3.05, 3.63) is 65.6 Å². The number of ether oxygens (including phenoxy) is 1. The standard InChI is InChI=1S/C21H25F2N5O.HI/c1-3-24-21(26-10-12-29-19-7-6-16(22)13-18(19)23)25-9-8-17-14-28-11-4-5-15(2)20(28)27-17;/h4-7,11,13-14H,3,8-10,12H2,1-2H3,(H2,24,25,26);1H. The summed E-state index contributed by atoms with van der Waals surface area (Å²) in [5.41, 5.74) is 3.07. The molecule has 0 fully saturated rings. The van der Waals surface area contributed by atoms with Gasteiger partial charge in [-0.2, -0.15) is 0 Å². The third kappa shape index (κ3) is 6.54. The molecule has 0 bridgehead atoms. The number of guanidine groups is 1. The van der Waals surface area contributed by atoms with E-state index in [0.29, 0.717) is 25.6 Å². The second-order valence-electron chi connectivity index (χ2n) is 6.51. The fourth-order valence-corrected chi connectivity index (χ4v) is 2.87. The minimum absolute atomic E-state index is 0. The molecule has 162 valence electrons. The number of hydrogen-bond acceptors (Lipinski definition) is 3. The highest BCUT2D eigenvalue weighted by Gasteiger charge is 2.06. The maximum absolute atomic E-state index is 13.6. The lowest BCUT2D eigenvalue weighted by Gasteiger charge is -2.12. The van der Waals surface area contributed by atoms with Crippen molar-refractivity contribution in [1.82, 2.24) is 20.0 Å². The highest BCUT2D eigenvalue weighted by atomic mass is 127. The van der Waals surface area contributed by atoms with Crippen LogP contribution in [0.3, 0.4) is 0 Å². The quantitative estimate of drug-likeness (QED) is 0.202. The number of fused-ring (bicyclic) bond motifs is 1. The Morgan fingerprint density at radius 3 is 2.80 bits per heavy atom. The van der Waals surface area contributed by atoms with Gasteiger partial charge >= 0.3 is 0 Å². The lowest BCUT2D eigenvalue weighted by molar-refractivity contribution is 0.304. The van der Waals surface area contributed by atoms with Crippen LogP contribution in [0.4, 0.5) is 8.78 Å². The van der Waals surface area contributed by atoms with E-state index < -0.39 is 11.6 Å². The van der Waals surface area contributed by atoms with Gasteiger partial charge in [0.25, 0.3) is 0 Å². The zero-order valence-electron chi connectivity index (χ0n) is 17.0. The number of aromatic nitrogens is 2. The third-order valence-corrected chi connectivity index (χ3v) is 4.26.